The number of nitrogens with zero attached hydrogens (tertiary/aromatic N) is 2. The van der Waals surface area contributed by atoms with Gasteiger partial charge in [0.1, 0.15) is 23.6 Å². The number of fused-ring (bicyclic) bond motifs is 1. The molecule has 0 bridgehead atoms. The van der Waals surface area contributed by atoms with Gasteiger partial charge in [0.2, 0.25) is 0 Å². The summed E-state index contributed by atoms with van der Waals surface area (Å²) >= 11 is 1.45. The quantitative estimate of drug-likeness (QED) is 0.234. The minimum absolute atomic E-state index is 0.0881. The monoisotopic (exact) mass is 518 g/mol. The van der Waals surface area contributed by atoms with Crippen LogP contribution in [0.25, 0.3) is 10.9 Å². The van der Waals surface area contributed by atoms with Gasteiger partial charge in [-0.05, 0) is 98.3 Å². The van der Waals surface area contributed by atoms with Crippen LogP contribution >= 0.6 is 11.8 Å². The number of thioether (sulfide) groups is 1. The maximum Gasteiger partial charge on any atom is 0.127 e. The SMILES string of the molecule is COc1ccc2nccc([C@H](F)CC[C@@H]3CCN(CCCSc4cc(F)cc(F)c4)C[C@@H]3CO)c2c1. The van der Waals surface area contributed by atoms with Gasteiger partial charge in [-0.3, -0.25) is 4.98 Å². The predicted molar refractivity (Wildman–Crippen MR) is 138 cm³/mol. The molecule has 1 N–H and O–H groups in total. The Balaban J connectivity index is 1.25. The summed E-state index contributed by atoms with van der Waals surface area (Å²) in [5.41, 5.74) is 1.38. The molecule has 1 aliphatic heterocycles. The lowest BCUT2D eigenvalue weighted by Crippen LogP contribution is -2.42. The summed E-state index contributed by atoms with van der Waals surface area (Å²) in [5, 5.41) is 10.8. The van der Waals surface area contributed by atoms with Crippen molar-refractivity contribution >= 4 is 22.7 Å². The zero-order chi connectivity index (χ0) is 25.5. The van der Waals surface area contributed by atoms with E-state index in [1.165, 1.54) is 23.9 Å². The smallest absolute Gasteiger partial charge is 0.127 e. The highest BCUT2D eigenvalue weighted by atomic mass is 32.2. The molecule has 0 aliphatic carbocycles. The van der Waals surface area contributed by atoms with Gasteiger partial charge in [-0.1, -0.05) is 0 Å². The normalized spacial score (nSPS) is 19.5. The van der Waals surface area contributed by atoms with E-state index in [1.54, 1.807) is 19.4 Å². The zero-order valence-corrected chi connectivity index (χ0v) is 21.3. The summed E-state index contributed by atoms with van der Waals surface area (Å²) in [4.78, 5) is 7.27. The first-order valence-corrected chi connectivity index (χ1v) is 13.4. The van der Waals surface area contributed by atoms with Gasteiger partial charge >= 0.3 is 0 Å². The van der Waals surface area contributed by atoms with E-state index in [2.05, 4.69) is 9.88 Å². The van der Waals surface area contributed by atoms with Crippen molar-refractivity contribution in [1.29, 1.82) is 0 Å². The molecule has 0 radical (unpaired) electrons. The molecule has 1 fully saturated rings. The number of aliphatic hydroxyl groups is 1. The second-order valence-electron chi connectivity index (χ2n) is 9.43. The summed E-state index contributed by atoms with van der Waals surface area (Å²) in [5.74, 6) is 0.719. The number of likely N-dealkylation sites (tertiary alicyclic amines) is 1. The summed E-state index contributed by atoms with van der Waals surface area (Å²) < 4.78 is 47.3. The summed E-state index contributed by atoms with van der Waals surface area (Å²) in [7, 11) is 1.59. The Bertz CT molecular complexity index is 1130. The minimum Gasteiger partial charge on any atom is -0.497 e. The third-order valence-electron chi connectivity index (χ3n) is 7.04. The van der Waals surface area contributed by atoms with E-state index in [-0.39, 0.29) is 18.4 Å². The van der Waals surface area contributed by atoms with Crippen LogP contribution in [0.3, 0.4) is 0 Å². The topological polar surface area (TPSA) is 45.6 Å². The molecule has 194 valence electrons. The molecule has 1 saturated heterocycles. The van der Waals surface area contributed by atoms with Crippen molar-refractivity contribution in [3.63, 3.8) is 0 Å². The summed E-state index contributed by atoms with van der Waals surface area (Å²) in [6, 6.07) is 10.8. The Morgan fingerprint density at radius 2 is 1.94 bits per heavy atom. The Morgan fingerprint density at radius 3 is 2.69 bits per heavy atom. The predicted octanol–water partition coefficient (Wildman–Crippen LogP) is 6.43. The number of alkyl halides is 1. The minimum atomic E-state index is -1.11. The molecule has 2 heterocycles. The fourth-order valence-electron chi connectivity index (χ4n) is 5.10. The van der Waals surface area contributed by atoms with Gasteiger partial charge in [-0.2, -0.15) is 0 Å². The Kier molecular flexibility index (Phi) is 9.51. The lowest BCUT2D eigenvalue weighted by molar-refractivity contribution is 0.0640. The number of pyridine rings is 1. The summed E-state index contributed by atoms with van der Waals surface area (Å²) in [6.45, 7) is 2.65. The van der Waals surface area contributed by atoms with Gasteiger partial charge in [0.05, 0.1) is 12.6 Å². The summed E-state index contributed by atoms with van der Waals surface area (Å²) in [6.07, 6.45) is 3.47. The Labute approximate surface area is 214 Å². The zero-order valence-electron chi connectivity index (χ0n) is 20.5. The number of rotatable bonds is 11. The van der Waals surface area contributed by atoms with Crippen molar-refractivity contribution in [1.82, 2.24) is 9.88 Å². The van der Waals surface area contributed by atoms with Crippen LogP contribution in [-0.2, 0) is 0 Å². The average Bonchev–Trinajstić information content (AvgIpc) is 2.88. The highest BCUT2D eigenvalue weighted by Gasteiger charge is 2.29. The maximum atomic E-state index is 15.4. The molecule has 3 atom stereocenters. The first-order valence-electron chi connectivity index (χ1n) is 12.5. The fraction of sp³-hybridized carbons (Fsp3) is 0.464. The largest absolute Gasteiger partial charge is 0.497 e. The van der Waals surface area contributed by atoms with Gasteiger partial charge in [-0.25, -0.2) is 13.2 Å². The highest BCUT2D eigenvalue weighted by Crippen LogP contribution is 2.35. The second-order valence-corrected chi connectivity index (χ2v) is 10.6. The van der Waals surface area contributed by atoms with E-state index < -0.39 is 17.8 Å². The van der Waals surface area contributed by atoms with Crippen LogP contribution in [0.1, 0.15) is 37.4 Å². The number of aromatic nitrogens is 1. The first-order chi connectivity index (χ1) is 17.5. The molecule has 0 spiro atoms. The number of benzene rings is 2. The van der Waals surface area contributed by atoms with E-state index in [0.29, 0.717) is 22.6 Å². The number of methoxy groups -OCH3 is 1. The molecule has 0 unspecified atom stereocenters. The van der Waals surface area contributed by atoms with Crippen LogP contribution in [0.15, 0.2) is 53.6 Å². The standard InChI is InChI=1S/C28H33F3N2O2S/c1-35-23-4-6-28-26(16-23)25(7-9-32-28)27(31)5-3-19-8-11-33(17-20(19)18-34)10-2-12-36-24-14-21(29)13-22(30)15-24/h4,6-7,9,13-16,19-20,27,34H,2-3,5,8,10-12,17-18H2,1H3/t19-,20-,27-/m1/s1. The van der Waals surface area contributed by atoms with Crippen molar-refractivity contribution in [3.8, 4) is 5.75 Å². The maximum absolute atomic E-state index is 15.4. The van der Waals surface area contributed by atoms with Crippen molar-refractivity contribution in [2.24, 2.45) is 11.8 Å². The number of aliphatic hydroxyl groups excluding tert-OH is 1. The Morgan fingerprint density at radius 1 is 1.14 bits per heavy atom. The third kappa shape index (κ3) is 6.93. The van der Waals surface area contributed by atoms with Gasteiger partial charge in [-0.15, -0.1) is 11.8 Å². The molecule has 36 heavy (non-hydrogen) atoms. The van der Waals surface area contributed by atoms with E-state index in [4.69, 9.17) is 4.74 Å². The van der Waals surface area contributed by atoms with Crippen molar-refractivity contribution in [3.05, 3.63) is 65.9 Å². The van der Waals surface area contributed by atoms with Crippen LogP contribution < -0.4 is 4.74 Å². The lowest BCUT2D eigenvalue weighted by atomic mass is 9.81. The number of ether oxygens (including phenoxy) is 1. The van der Waals surface area contributed by atoms with Gasteiger partial charge in [0.25, 0.3) is 0 Å². The van der Waals surface area contributed by atoms with Crippen LogP contribution in [0.2, 0.25) is 0 Å². The highest BCUT2D eigenvalue weighted by molar-refractivity contribution is 7.99. The van der Waals surface area contributed by atoms with Crippen molar-refractivity contribution in [2.45, 2.75) is 36.8 Å². The molecule has 4 rings (SSSR count). The van der Waals surface area contributed by atoms with Crippen molar-refractivity contribution < 1.29 is 23.0 Å². The van der Waals surface area contributed by atoms with Crippen LogP contribution in [0, 0.1) is 23.5 Å². The van der Waals surface area contributed by atoms with E-state index in [0.717, 1.165) is 61.6 Å². The molecule has 3 aromatic rings. The van der Waals surface area contributed by atoms with E-state index in [9.17, 15) is 13.9 Å². The van der Waals surface area contributed by atoms with Gasteiger partial charge < -0.3 is 14.7 Å². The van der Waals surface area contributed by atoms with E-state index >= 15 is 4.39 Å². The lowest BCUT2D eigenvalue weighted by Gasteiger charge is -2.38. The van der Waals surface area contributed by atoms with Crippen molar-refractivity contribution in [2.75, 3.05) is 39.1 Å². The number of hydrogen-bond acceptors (Lipinski definition) is 5. The molecule has 2 aromatic carbocycles. The van der Waals surface area contributed by atoms with Crippen LogP contribution in [-0.4, -0.2) is 54.1 Å². The van der Waals surface area contributed by atoms with Crippen LogP contribution in [0.4, 0.5) is 13.2 Å². The first kappa shape index (κ1) is 26.8. The molecule has 0 saturated carbocycles. The molecule has 4 nitrogen and oxygen atoms in total. The molecule has 0 amide bonds. The Hall–Kier alpha value is -2.29. The molecule has 1 aromatic heterocycles. The molecule has 8 heteroatoms. The van der Waals surface area contributed by atoms with Gasteiger partial charge in [0, 0.05) is 35.7 Å². The fourth-order valence-corrected chi connectivity index (χ4v) is 6.00. The average molecular weight is 519 g/mol. The number of halogens is 3. The van der Waals surface area contributed by atoms with E-state index in [1.807, 2.05) is 18.2 Å². The molecular formula is C28H33F3N2O2S. The van der Waals surface area contributed by atoms with Crippen LogP contribution in [0.5, 0.6) is 5.75 Å². The molecular weight excluding hydrogens is 485 g/mol. The van der Waals surface area contributed by atoms with Gasteiger partial charge in [0.15, 0.2) is 0 Å². The second kappa shape index (κ2) is 12.8. The number of piperidine rings is 1. The third-order valence-corrected chi connectivity index (χ3v) is 8.11. The molecule has 1 aliphatic rings. The number of hydrogen-bond donors (Lipinski definition) is 1.